The lowest BCUT2D eigenvalue weighted by Crippen LogP contribution is -2.32. The van der Waals surface area contributed by atoms with Crippen LogP contribution in [0.15, 0.2) is 56.4 Å². The third-order valence-corrected chi connectivity index (χ3v) is 5.12. The summed E-state index contributed by atoms with van der Waals surface area (Å²) in [5.74, 6) is 0.390. The molecular formula is C15H17BrN2O4S. The van der Waals surface area contributed by atoms with Crippen LogP contribution in [0, 0.1) is 0 Å². The first kappa shape index (κ1) is 17.7. The van der Waals surface area contributed by atoms with Crippen LogP contribution in [-0.4, -0.2) is 20.9 Å². The van der Waals surface area contributed by atoms with Gasteiger partial charge in [0.2, 0.25) is 15.9 Å². The quantitative estimate of drug-likeness (QED) is 0.747. The fraction of sp³-hybridized carbons (Fsp3) is 0.267. The number of carbonyl (C=O) groups excluding carboxylic acids is 1. The summed E-state index contributed by atoms with van der Waals surface area (Å²) < 4.78 is 32.5. The van der Waals surface area contributed by atoms with Gasteiger partial charge >= 0.3 is 0 Å². The van der Waals surface area contributed by atoms with E-state index >= 15 is 0 Å². The highest BCUT2D eigenvalue weighted by atomic mass is 79.9. The number of carbonyl (C=O) groups is 1. The maximum absolute atomic E-state index is 12.1. The van der Waals surface area contributed by atoms with Crippen molar-refractivity contribution in [1.82, 2.24) is 10.0 Å². The Labute approximate surface area is 143 Å². The van der Waals surface area contributed by atoms with E-state index in [-0.39, 0.29) is 29.8 Å². The van der Waals surface area contributed by atoms with Gasteiger partial charge in [-0.25, -0.2) is 13.1 Å². The average Bonchev–Trinajstić information content (AvgIpc) is 3.01. The topological polar surface area (TPSA) is 88.4 Å². The molecule has 0 radical (unpaired) electrons. The molecule has 2 aromatic rings. The van der Waals surface area contributed by atoms with Gasteiger partial charge in [-0.2, -0.15) is 0 Å². The lowest BCUT2D eigenvalue weighted by atomic mass is 10.2. The maximum atomic E-state index is 12.1. The zero-order valence-electron chi connectivity index (χ0n) is 12.5. The minimum Gasteiger partial charge on any atom is -0.467 e. The van der Waals surface area contributed by atoms with Crippen LogP contribution in [-0.2, 0) is 14.8 Å². The molecule has 124 valence electrons. The molecule has 2 rings (SSSR count). The number of sulfonamides is 1. The smallest absolute Gasteiger partial charge is 0.240 e. The normalized spacial score (nSPS) is 12.8. The first-order chi connectivity index (χ1) is 10.9. The van der Waals surface area contributed by atoms with Crippen LogP contribution in [0.4, 0.5) is 0 Å². The van der Waals surface area contributed by atoms with Crippen LogP contribution in [0.1, 0.15) is 25.1 Å². The summed E-state index contributed by atoms with van der Waals surface area (Å²) >= 11 is 3.25. The maximum Gasteiger partial charge on any atom is 0.240 e. The molecule has 2 N–H and O–H groups in total. The molecule has 0 saturated carbocycles. The summed E-state index contributed by atoms with van der Waals surface area (Å²) in [5.41, 5.74) is 0. The lowest BCUT2D eigenvalue weighted by Gasteiger charge is -2.12. The van der Waals surface area contributed by atoms with Gasteiger partial charge in [0, 0.05) is 17.4 Å². The minimum atomic E-state index is -3.61. The van der Waals surface area contributed by atoms with Crippen molar-refractivity contribution in [3.63, 3.8) is 0 Å². The number of hydrogen-bond acceptors (Lipinski definition) is 4. The number of nitrogens with one attached hydrogen (secondary N) is 2. The van der Waals surface area contributed by atoms with E-state index in [0.29, 0.717) is 5.76 Å². The summed E-state index contributed by atoms with van der Waals surface area (Å²) in [7, 11) is -3.61. The molecule has 1 unspecified atom stereocenters. The Morgan fingerprint density at radius 1 is 1.26 bits per heavy atom. The van der Waals surface area contributed by atoms with Crippen LogP contribution >= 0.6 is 15.9 Å². The Bertz CT molecular complexity index is 742. The fourth-order valence-corrected chi connectivity index (χ4v) is 3.21. The Morgan fingerprint density at radius 2 is 1.96 bits per heavy atom. The van der Waals surface area contributed by atoms with Gasteiger partial charge in [0.25, 0.3) is 0 Å². The molecule has 0 aliphatic heterocycles. The van der Waals surface area contributed by atoms with Gasteiger partial charge in [0.05, 0.1) is 17.2 Å². The van der Waals surface area contributed by atoms with Crippen LogP contribution in [0.3, 0.4) is 0 Å². The second-order valence-corrected chi connectivity index (χ2v) is 7.59. The van der Waals surface area contributed by atoms with Gasteiger partial charge in [0.15, 0.2) is 0 Å². The Kier molecular flexibility index (Phi) is 5.97. The number of furan rings is 1. The summed E-state index contributed by atoms with van der Waals surface area (Å²) in [6, 6.07) is 9.52. The number of benzene rings is 1. The van der Waals surface area contributed by atoms with E-state index in [2.05, 4.69) is 26.0 Å². The van der Waals surface area contributed by atoms with Gasteiger partial charge in [-0.05, 0) is 43.3 Å². The predicted octanol–water partition coefficient (Wildman–Crippen LogP) is 2.59. The molecule has 0 spiro atoms. The zero-order chi connectivity index (χ0) is 16.9. The van der Waals surface area contributed by atoms with E-state index in [4.69, 9.17) is 4.42 Å². The highest BCUT2D eigenvalue weighted by Gasteiger charge is 2.15. The Hall–Kier alpha value is -1.64. The summed E-state index contributed by atoms with van der Waals surface area (Å²) in [6.45, 7) is 1.82. The highest BCUT2D eigenvalue weighted by Crippen LogP contribution is 2.14. The molecule has 1 aromatic carbocycles. The van der Waals surface area contributed by atoms with Crippen LogP contribution in [0.5, 0.6) is 0 Å². The van der Waals surface area contributed by atoms with Crippen molar-refractivity contribution in [1.29, 1.82) is 0 Å². The molecule has 0 fully saturated rings. The molecule has 6 nitrogen and oxygen atoms in total. The van der Waals surface area contributed by atoms with Gasteiger partial charge < -0.3 is 9.73 Å². The van der Waals surface area contributed by atoms with Gasteiger partial charge in [-0.3, -0.25) is 4.79 Å². The van der Waals surface area contributed by atoms with Gasteiger partial charge in [-0.1, -0.05) is 15.9 Å². The van der Waals surface area contributed by atoms with E-state index in [0.717, 1.165) is 4.47 Å². The first-order valence-corrected chi connectivity index (χ1v) is 9.24. The zero-order valence-corrected chi connectivity index (χ0v) is 14.9. The van der Waals surface area contributed by atoms with Gasteiger partial charge in [0.1, 0.15) is 5.76 Å². The Balaban J connectivity index is 1.82. The van der Waals surface area contributed by atoms with Crippen molar-refractivity contribution in [3.8, 4) is 0 Å². The SMILES string of the molecule is CC(NC(=O)CCNS(=O)(=O)c1ccc(Br)cc1)c1ccco1. The first-order valence-electron chi connectivity index (χ1n) is 6.96. The number of rotatable bonds is 7. The number of hydrogen-bond donors (Lipinski definition) is 2. The second-order valence-electron chi connectivity index (χ2n) is 4.91. The van der Waals surface area contributed by atoms with Crippen molar-refractivity contribution in [2.45, 2.75) is 24.3 Å². The third kappa shape index (κ3) is 5.19. The van der Waals surface area contributed by atoms with Crippen molar-refractivity contribution >= 4 is 31.9 Å². The lowest BCUT2D eigenvalue weighted by molar-refractivity contribution is -0.121. The van der Waals surface area contributed by atoms with E-state index in [1.54, 1.807) is 31.2 Å². The van der Waals surface area contributed by atoms with E-state index in [1.807, 2.05) is 0 Å². The highest BCUT2D eigenvalue weighted by molar-refractivity contribution is 9.10. The molecule has 0 saturated heterocycles. The van der Waals surface area contributed by atoms with Crippen molar-refractivity contribution < 1.29 is 17.6 Å². The molecule has 0 aliphatic carbocycles. The van der Waals surface area contributed by atoms with E-state index < -0.39 is 10.0 Å². The van der Waals surface area contributed by atoms with Crippen molar-refractivity contribution in [3.05, 3.63) is 52.9 Å². The average molecular weight is 401 g/mol. The van der Waals surface area contributed by atoms with E-state index in [1.165, 1.54) is 18.4 Å². The number of halogens is 1. The molecule has 0 aliphatic rings. The van der Waals surface area contributed by atoms with Crippen molar-refractivity contribution in [2.24, 2.45) is 0 Å². The van der Waals surface area contributed by atoms with Crippen LogP contribution in [0.25, 0.3) is 0 Å². The standard InChI is InChI=1S/C15H17BrN2O4S/c1-11(14-3-2-10-22-14)18-15(19)8-9-17-23(20,21)13-6-4-12(16)5-7-13/h2-7,10-11,17H,8-9H2,1H3,(H,18,19). The van der Waals surface area contributed by atoms with Crippen molar-refractivity contribution in [2.75, 3.05) is 6.54 Å². The largest absolute Gasteiger partial charge is 0.467 e. The van der Waals surface area contributed by atoms with Crippen LogP contribution < -0.4 is 10.0 Å². The summed E-state index contributed by atoms with van der Waals surface area (Å²) in [6.07, 6.45) is 1.57. The molecule has 23 heavy (non-hydrogen) atoms. The monoisotopic (exact) mass is 400 g/mol. The predicted molar refractivity (Wildman–Crippen MR) is 89.2 cm³/mol. The van der Waals surface area contributed by atoms with E-state index in [9.17, 15) is 13.2 Å². The number of amides is 1. The molecule has 8 heteroatoms. The molecule has 1 aromatic heterocycles. The molecule has 1 heterocycles. The molecule has 1 amide bonds. The molecule has 1 atom stereocenters. The third-order valence-electron chi connectivity index (χ3n) is 3.12. The fourth-order valence-electron chi connectivity index (χ4n) is 1.92. The minimum absolute atomic E-state index is 0.0229. The molecule has 0 bridgehead atoms. The summed E-state index contributed by atoms with van der Waals surface area (Å²) in [5, 5.41) is 2.74. The van der Waals surface area contributed by atoms with Gasteiger partial charge in [-0.15, -0.1) is 0 Å². The summed E-state index contributed by atoms with van der Waals surface area (Å²) in [4.78, 5) is 12.0. The Morgan fingerprint density at radius 3 is 2.57 bits per heavy atom. The second kappa shape index (κ2) is 7.76. The van der Waals surface area contributed by atoms with Crippen LogP contribution in [0.2, 0.25) is 0 Å². The molecular weight excluding hydrogens is 384 g/mol.